The van der Waals surface area contributed by atoms with E-state index < -0.39 is 0 Å². The lowest BCUT2D eigenvalue weighted by molar-refractivity contribution is -0.135. The highest BCUT2D eigenvalue weighted by atomic mass is 16.5. The first-order chi connectivity index (χ1) is 13.0. The van der Waals surface area contributed by atoms with Crippen LogP contribution in [0.25, 0.3) is 5.82 Å². The Morgan fingerprint density at radius 3 is 2.85 bits per heavy atom. The zero-order chi connectivity index (χ0) is 19.4. The van der Waals surface area contributed by atoms with Gasteiger partial charge in [-0.3, -0.25) is 14.2 Å². The first kappa shape index (κ1) is 18.9. The van der Waals surface area contributed by atoms with Crippen molar-refractivity contribution < 1.29 is 14.1 Å². The molecule has 1 aliphatic heterocycles. The molecule has 1 N–H and O–H groups in total. The molecule has 0 bridgehead atoms. The van der Waals surface area contributed by atoms with Crippen LogP contribution in [0.3, 0.4) is 0 Å². The molecular weight excluding hydrogens is 346 g/mol. The van der Waals surface area contributed by atoms with Gasteiger partial charge in [-0.1, -0.05) is 11.6 Å². The average molecular weight is 371 g/mol. The molecule has 0 atom stereocenters. The van der Waals surface area contributed by atoms with Crippen LogP contribution in [0.2, 0.25) is 0 Å². The largest absolute Gasteiger partial charge is 0.360 e. The Morgan fingerprint density at radius 2 is 2.11 bits per heavy atom. The van der Waals surface area contributed by atoms with Crippen LogP contribution < -0.4 is 5.43 Å². The third-order valence-electron chi connectivity index (χ3n) is 4.71. The molecule has 144 valence electrons. The molecule has 8 heteroatoms. The molecule has 0 unspecified atom stereocenters. The summed E-state index contributed by atoms with van der Waals surface area (Å²) in [5.74, 6) is 1.20. The lowest BCUT2D eigenvalue weighted by Gasteiger charge is -2.18. The van der Waals surface area contributed by atoms with Crippen LogP contribution in [-0.4, -0.2) is 45.7 Å². The van der Waals surface area contributed by atoms with E-state index in [1.807, 2.05) is 37.5 Å². The van der Waals surface area contributed by atoms with Gasteiger partial charge in [-0.25, -0.2) is 5.43 Å². The lowest BCUT2D eigenvalue weighted by atomic mass is 10.2. The van der Waals surface area contributed by atoms with Crippen molar-refractivity contribution in [3.05, 3.63) is 34.8 Å². The van der Waals surface area contributed by atoms with Gasteiger partial charge in [-0.05, 0) is 39.7 Å². The minimum atomic E-state index is -0.289. The predicted octanol–water partition coefficient (Wildman–Crippen LogP) is 2.24. The summed E-state index contributed by atoms with van der Waals surface area (Å²) in [7, 11) is 0. The summed E-state index contributed by atoms with van der Waals surface area (Å²) >= 11 is 0. The lowest BCUT2D eigenvalue weighted by Crippen LogP contribution is -2.39. The first-order valence-corrected chi connectivity index (χ1v) is 9.18. The minimum Gasteiger partial charge on any atom is -0.360 e. The number of amides is 2. The van der Waals surface area contributed by atoms with Crippen LogP contribution >= 0.6 is 0 Å². The second-order valence-electron chi connectivity index (χ2n) is 6.88. The highest BCUT2D eigenvalue weighted by Gasteiger charge is 2.19. The Morgan fingerprint density at radius 1 is 1.30 bits per heavy atom. The zero-order valence-corrected chi connectivity index (χ0v) is 16.0. The number of nitrogens with zero attached hydrogens (tertiary/aromatic N) is 4. The van der Waals surface area contributed by atoms with Crippen LogP contribution in [0, 0.1) is 20.8 Å². The van der Waals surface area contributed by atoms with Crippen LogP contribution in [0.5, 0.6) is 0 Å². The van der Waals surface area contributed by atoms with Gasteiger partial charge in [-0.15, -0.1) is 0 Å². The van der Waals surface area contributed by atoms with Crippen molar-refractivity contribution in [2.45, 2.75) is 46.5 Å². The van der Waals surface area contributed by atoms with Gasteiger partial charge in [0.2, 0.25) is 5.91 Å². The quantitative estimate of drug-likeness (QED) is 0.644. The summed E-state index contributed by atoms with van der Waals surface area (Å²) in [6.45, 7) is 6.45. The Hall–Kier alpha value is -2.90. The molecule has 0 spiro atoms. The van der Waals surface area contributed by atoms with E-state index in [0.717, 1.165) is 42.0 Å². The molecule has 3 rings (SSSR count). The molecule has 2 aromatic rings. The highest BCUT2D eigenvalue weighted by molar-refractivity contribution is 5.87. The topological polar surface area (TPSA) is 92.7 Å². The summed E-state index contributed by atoms with van der Waals surface area (Å²) in [6, 6.07) is 3.83. The van der Waals surface area contributed by atoms with Crippen LogP contribution in [-0.2, 0) is 9.59 Å². The Labute approximate surface area is 158 Å². The minimum absolute atomic E-state index is 0.0399. The number of carbonyl (C=O) groups is 2. The molecule has 3 heterocycles. The highest BCUT2D eigenvalue weighted by Crippen LogP contribution is 2.19. The average Bonchev–Trinajstić information content (AvgIpc) is 3.08. The molecule has 1 saturated heterocycles. The molecule has 2 aromatic heterocycles. The molecule has 1 fully saturated rings. The summed E-state index contributed by atoms with van der Waals surface area (Å²) in [6.07, 6.45) is 4.99. The summed E-state index contributed by atoms with van der Waals surface area (Å²) in [5, 5.41) is 8.10. The maximum absolute atomic E-state index is 12.1. The van der Waals surface area contributed by atoms with E-state index in [2.05, 4.69) is 15.7 Å². The number of hydrogen-bond acceptors (Lipinski definition) is 5. The second-order valence-corrected chi connectivity index (χ2v) is 6.88. The molecule has 0 aromatic carbocycles. The van der Waals surface area contributed by atoms with Crippen molar-refractivity contribution in [1.29, 1.82) is 0 Å². The van der Waals surface area contributed by atoms with E-state index in [-0.39, 0.29) is 18.4 Å². The van der Waals surface area contributed by atoms with Crippen molar-refractivity contribution in [1.82, 2.24) is 20.0 Å². The molecule has 8 nitrogen and oxygen atoms in total. The normalized spacial score (nSPS) is 15.4. The van der Waals surface area contributed by atoms with E-state index in [4.69, 9.17) is 4.52 Å². The van der Waals surface area contributed by atoms with Crippen LogP contribution in [0.15, 0.2) is 21.8 Å². The van der Waals surface area contributed by atoms with Crippen LogP contribution in [0.1, 0.15) is 48.4 Å². The van der Waals surface area contributed by atoms with E-state index in [1.54, 1.807) is 11.1 Å². The van der Waals surface area contributed by atoms with Gasteiger partial charge in [0.15, 0.2) is 5.82 Å². The van der Waals surface area contributed by atoms with Gasteiger partial charge in [0.25, 0.3) is 5.91 Å². The van der Waals surface area contributed by atoms with E-state index in [9.17, 15) is 9.59 Å². The second kappa shape index (κ2) is 8.20. The molecule has 27 heavy (non-hydrogen) atoms. The van der Waals surface area contributed by atoms with Crippen LogP contribution in [0.4, 0.5) is 0 Å². The van der Waals surface area contributed by atoms with Gasteiger partial charge >= 0.3 is 0 Å². The molecule has 0 saturated carbocycles. The molecule has 0 radical (unpaired) electrons. The predicted molar refractivity (Wildman–Crippen MR) is 101 cm³/mol. The Balaban J connectivity index is 1.63. The number of carbonyl (C=O) groups excluding carboxylic acids is 2. The fraction of sp³-hybridized carbons (Fsp3) is 0.474. The molecule has 0 aliphatic carbocycles. The maximum Gasteiger partial charge on any atom is 0.259 e. The SMILES string of the molecule is Cc1cc(-n2c(C)cc(/C=N\NC(=O)CN3CCCCCC3=O)c2C)no1. The Bertz CT molecular complexity index is 865. The van der Waals surface area contributed by atoms with Gasteiger partial charge in [0.05, 0.1) is 6.21 Å². The maximum atomic E-state index is 12.1. The number of aromatic nitrogens is 2. The number of hydrogen-bond donors (Lipinski definition) is 1. The van der Waals surface area contributed by atoms with Gasteiger partial charge in [-0.2, -0.15) is 5.10 Å². The first-order valence-electron chi connectivity index (χ1n) is 9.18. The molecule has 1 aliphatic rings. The standard InChI is InChI=1S/C19H25N5O3/c1-13-9-16(15(3)24(13)17-10-14(2)27-22-17)11-20-21-18(25)12-23-8-6-4-5-7-19(23)26/h9-11H,4-8,12H2,1-3H3,(H,21,25)/b20-11-. The van der Waals surface area contributed by atoms with Crippen molar-refractivity contribution >= 4 is 18.0 Å². The summed E-state index contributed by atoms with van der Waals surface area (Å²) in [5.41, 5.74) is 5.32. The van der Waals surface area contributed by atoms with E-state index in [0.29, 0.717) is 18.8 Å². The number of hydrazone groups is 1. The van der Waals surface area contributed by atoms with E-state index >= 15 is 0 Å². The molecule has 2 amide bonds. The van der Waals surface area contributed by atoms with Crippen molar-refractivity contribution in [2.24, 2.45) is 5.10 Å². The zero-order valence-electron chi connectivity index (χ0n) is 16.0. The third-order valence-corrected chi connectivity index (χ3v) is 4.71. The number of likely N-dealkylation sites (tertiary alicyclic amines) is 1. The Kier molecular flexibility index (Phi) is 5.73. The monoisotopic (exact) mass is 371 g/mol. The molecular formula is C19H25N5O3. The van der Waals surface area contributed by atoms with Crippen molar-refractivity contribution in [3.63, 3.8) is 0 Å². The van der Waals surface area contributed by atoms with Gasteiger partial charge in [0, 0.05) is 36.0 Å². The third kappa shape index (κ3) is 4.45. The van der Waals surface area contributed by atoms with E-state index in [1.165, 1.54) is 0 Å². The smallest absolute Gasteiger partial charge is 0.259 e. The number of rotatable bonds is 5. The summed E-state index contributed by atoms with van der Waals surface area (Å²) in [4.78, 5) is 25.7. The number of aryl methyl sites for hydroxylation is 2. The summed E-state index contributed by atoms with van der Waals surface area (Å²) < 4.78 is 7.11. The number of nitrogens with one attached hydrogen (secondary N) is 1. The van der Waals surface area contributed by atoms with Crippen molar-refractivity contribution in [2.75, 3.05) is 13.1 Å². The van der Waals surface area contributed by atoms with Gasteiger partial charge < -0.3 is 9.42 Å². The fourth-order valence-corrected chi connectivity index (χ4v) is 3.32. The van der Waals surface area contributed by atoms with Gasteiger partial charge in [0.1, 0.15) is 12.3 Å². The fourth-order valence-electron chi connectivity index (χ4n) is 3.32. The van der Waals surface area contributed by atoms with Crippen molar-refractivity contribution in [3.8, 4) is 5.82 Å².